The van der Waals surface area contributed by atoms with Crippen molar-refractivity contribution in [3.05, 3.63) is 64.0 Å². The van der Waals surface area contributed by atoms with Crippen LogP contribution in [0.3, 0.4) is 0 Å². The molecule has 0 aliphatic heterocycles. The normalized spacial score (nSPS) is 11.4. The van der Waals surface area contributed by atoms with Crippen LogP contribution in [-0.2, 0) is 4.79 Å². The van der Waals surface area contributed by atoms with Crippen LogP contribution in [-0.4, -0.2) is 27.9 Å². The second-order valence-electron chi connectivity index (χ2n) is 5.27. The lowest BCUT2D eigenvalue weighted by molar-refractivity contribution is -0.131. The number of carboxylic acid groups (broad SMARTS) is 1. The highest BCUT2D eigenvalue weighted by Crippen LogP contribution is 2.32. The molecule has 0 fully saturated rings. The SMILES string of the molecule is CCOc1ccccc1/C=C(\Sc1nnc(-c2ccc(Cl)cc2)o1)C(=O)O. The van der Waals surface area contributed by atoms with E-state index >= 15 is 0 Å². The highest BCUT2D eigenvalue weighted by atomic mass is 35.5. The van der Waals surface area contributed by atoms with E-state index in [1.807, 2.05) is 19.1 Å². The Balaban J connectivity index is 1.85. The average molecular weight is 403 g/mol. The van der Waals surface area contributed by atoms with Crippen molar-refractivity contribution in [3.63, 3.8) is 0 Å². The number of para-hydroxylation sites is 1. The second-order valence-corrected chi connectivity index (χ2v) is 6.70. The molecule has 0 saturated heterocycles. The lowest BCUT2D eigenvalue weighted by atomic mass is 10.2. The molecule has 2 aromatic carbocycles. The van der Waals surface area contributed by atoms with Crippen molar-refractivity contribution >= 4 is 35.4 Å². The van der Waals surface area contributed by atoms with Gasteiger partial charge in [-0.2, -0.15) is 0 Å². The third-order valence-corrected chi connectivity index (χ3v) is 4.52. The summed E-state index contributed by atoms with van der Waals surface area (Å²) >= 11 is 6.74. The van der Waals surface area contributed by atoms with Crippen LogP contribution in [0.25, 0.3) is 17.5 Å². The molecule has 138 valence electrons. The molecule has 0 saturated carbocycles. The van der Waals surface area contributed by atoms with E-state index in [1.54, 1.807) is 36.4 Å². The fraction of sp³-hybridized carbons (Fsp3) is 0.105. The molecule has 1 aromatic heterocycles. The predicted octanol–water partition coefficient (Wildman–Crippen LogP) is 5.01. The maximum absolute atomic E-state index is 11.7. The molecule has 3 rings (SSSR count). The third kappa shape index (κ3) is 4.90. The van der Waals surface area contributed by atoms with Crippen LogP contribution in [0, 0.1) is 0 Å². The van der Waals surface area contributed by atoms with Gasteiger partial charge in [-0.3, -0.25) is 0 Å². The summed E-state index contributed by atoms with van der Waals surface area (Å²) in [6.07, 6.45) is 1.52. The quantitative estimate of drug-likeness (QED) is 0.439. The zero-order valence-corrected chi connectivity index (χ0v) is 15.8. The monoisotopic (exact) mass is 402 g/mol. The van der Waals surface area contributed by atoms with Crippen molar-refractivity contribution in [2.75, 3.05) is 6.61 Å². The zero-order chi connectivity index (χ0) is 19.2. The van der Waals surface area contributed by atoms with Crippen molar-refractivity contribution < 1.29 is 19.1 Å². The van der Waals surface area contributed by atoms with Gasteiger partial charge in [-0.05, 0) is 55.1 Å². The molecule has 6 nitrogen and oxygen atoms in total. The molecule has 0 aliphatic carbocycles. The molecule has 1 heterocycles. The molecule has 8 heteroatoms. The number of benzene rings is 2. The molecule has 0 bridgehead atoms. The van der Waals surface area contributed by atoms with Gasteiger partial charge >= 0.3 is 5.97 Å². The minimum Gasteiger partial charge on any atom is -0.493 e. The number of ether oxygens (including phenoxy) is 1. The van der Waals surface area contributed by atoms with E-state index in [4.69, 9.17) is 20.8 Å². The van der Waals surface area contributed by atoms with Crippen molar-refractivity contribution in [1.29, 1.82) is 0 Å². The van der Waals surface area contributed by atoms with Gasteiger partial charge in [-0.1, -0.05) is 29.8 Å². The number of carbonyl (C=O) groups is 1. The van der Waals surface area contributed by atoms with Gasteiger partial charge in [0.25, 0.3) is 5.22 Å². The first-order valence-corrected chi connectivity index (χ1v) is 9.20. The molecule has 1 N–H and O–H groups in total. The van der Waals surface area contributed by atoms with Crippen LogP contribution in [0.15, 0.2) is 63.1 Å². The summed E-state index contributed by atoms with van der Waals surface area (Å²) in [5, 5.41) is 18.1. The Morgan fingerprint density at radius 1 is 1.22 bits per heavy atom. The number of thioether (sulfide) groups is 1. The number of aliphatic carboxylic acids is 1. The van der Waals surface area contributed by atoms with E-state index in [2.05, 4.69) is 10.2 Å². The van der Waals surface area contributed by atoms with Gasteiger partial charge in [-0.25, -0.2) is 4.79 Å². The molecule has 27 heavy (non-hydrogen) atoms. The number of rotatable bonds is 7. The Labute approximate surface area is 164 Å². The lowest BCUT2D eigenvalue weighted by Gasteiger charge is -2.07. The molecule has 0 radical (unpaired) electrons. The maximum atomic E-state index is 11.7. The van der Waals surface area contributed by atoms with Gasteiger partial charge in [0.15, 0.2) is 0 Å². The first-order chi connectivity index (χ1) is 13.1. The zero-order valence-electron chi connectivity index (χ0n) is 14.3. The number of halogens is 1. The summed E-state index contributed by atoms with van der Waals surface area (Å²) in [7, 11) is 0. The van der Waals surface area contributed by atoms with Crippen molar-refractivity contribution in [2.24, 2.45) is 0 Å². The minimum atomic E-state index is -1.10. The Morgan fingerprint density at radius 3 is 2.67 bits per heavy atom. The summed E-state index contributed by atoms with van der Waals surface area (Å²) < 4.78 is 11.1. The summed E-state index contributed by atoms with van der Waals surface area (Å²) in [6.45, 7) is 2.35. The van der Waals surface area contributed by atoms with E-state index in [1.165, 1.54) is 6.08 Å². The van der Waals surface area contributed by atoms with Gasteiger partial charge in [0, 0.05) is 16.1 Å². The van der Waals surface area contributed by atoms with Gasteiger partial charge in [-0.15, -0.1) is 10.2 Å². The van der Waals surface area contributed by atoms with Crippen LogP contribution in [0.2, 0.25) is 5.02 Å². The Morgan fingerprint density at radius 2 is 1.96 bits per heavy atom. The van der Waals surface area contributed by atoms with E-state index in [0.717, 1.165) is 11.8 Å². The molecule has 0 aliphatic rings. The second kappa shape index (κ2) is 8.75. The summed E-state index contributed by atoms with van der Waals surface area (Å²) in [4.78, 5) is 11.7. The van der Waals surface area contributed by atoms with E-state index in [9.17, 15) is 9.90 Å². The number of nitrogens with zero attached hydrogens (tertiary/aromatic N) is 2. The minimum absolute atomic E-state index is 0.0356. The van der Waals surface area contributed by atoms with Gasteiger partial charge in [0.2, 0.25) is 5.89 Å². The molecular weight excluding hydrogens is 388 g/mol. The van der Waals surface area contributed by atoms with E-state index in [-0.39, 0.29) is 16.0 Å². The van der Waals surface area contributed by atoms with Gasteiger partial charge in [0.1, 0.15) is 10.7 Å². The van der Waals surface area contributed by atoms with Gasteiger partial charge in [0.05, 0.1) is 6.61 Å². The van der Waals surface area contributed by atoms with Crippen LogP contribution in [0.4, 0.5) is 0 Å². The third-order valence-electron chi connectivity index (χ3n) is 3.41. The number of hydrogen-bond acceptors (Lipinski definition) is 6. The van der Waals surface area contributed by atoms with Crippen molar-refractivity contribution in [3.8, 4) is 17.2 Å². The smallest absolute Gasteiger partial charge is 0.342 e. The van der Waals surface area contributed by atoms with Crippen LogP contribution in [0.1, 0.15) is 12.5 Å². The molecule has 3 aromatic rings. The molecular formula is C19H15ClN2O4S. The predicted molar refractivity (Wildman–Crippen MR) is 104 cm³/mol. The Kier molecular flexibility index (Phi) is 6.16. The van der Waals surface area contributed by atoms with E-state index in [0.29, 0.717) is 28.5 Å². The Hall–Kier alpha value is -2.77. The highest BCUT2D eigenvalue weighted by molar-refractivity contribution is 8.03. The first kappa shape index (κ1) is 19.0. The van der Waals surface area contributed by atoms with Crippen LogP contribution >= 0.6 is 23.4 Å². The Bertz CT molecular complexity index is 970. The number of hydrogen-bond donors (Lipinski definition) is 1. The molecule has 0 atom stereocenters. The number of aromatic nitrogens is 2. The summed E-state index contributed by atoms with van der Waals surface area (Å²) in [5.41, 5.74) is 1.35. The van der Waals surface area contributed by atoms with Crippen molar-refractivity contribution in [2.45, 2.75) is 12.1 Å². The first-order valence-electron chi connectivity index (χ1n) is 8.01. The molecule has 0 spiro atoms. The van der Waals surface area contributed by atoms with E-state index < -0.39 is 5.97 Å². The largest absolute Gasteiger partial charge is 0.493 e. The molecule has 0 unspecified atom stereocenters. The highest BCUT2D eigenvalue weighted by Gasteiger charge is 2.17. The summed E-state index contributed by atoms with van der Waals surface area (Å²) in [5.74, 6) is -0.210. The van der Waals surface area contributed by atoms with Crippen LogP contribution < -0.4 is 4.74 Å². The average Bonchev–Trinajstić information content (AvgIpc) is 3.12. The maximum Gasteiger partial charge on any atom is 0.342 e. The van der Waals surface area contributed by atoms with Crippen molar-refractivity contribution in [1.82, 2.24) is 10.2 Å². The van der Waals surface area contributed by atoms with Gasteiger partial charge < -0.3 is 14.3 Å². The standard InChI is InChI=1S/C19H15ClN2O4S/c1-2-25-15-6-4-3-5-13(15)11-16(18(23)24)27-19-22-21-17(26-19)12-7-9-14(20)10-8-12/h3-11H,2H2,1H3,(H,23,24)/b16-11-. The lowest BCUT2D eigenvalue weighted by Crippen LogP contribution is -1.98. The fourth-order valence-electron chi connectivity index (χ4n) is 2.22. The van der Waals surface area contributed by atoms with Crippen LogP contribution in [0.5, 0.6) is 5.75 Å². The topological polar surface area (TPSA) is 85.5 Å². The summed E-state index contributed by atoms with van der Waals surface area (Å²) in [6, 6.07) is 14.1. The molecule has 0 amide bonds. The number of carboxylic acids is 1. The fourth-order valence-corrected chi connectivity index (χ4v) is 3.01.